The largest absolute Gasteiger partial charge is 0.455 e. The smallest absolute Gasteiger partial charge is 0.143 e. The molecular weight excluding hydrogens is 581 g/mol. The van der Waals surface area contributed by atoms with Crippen LogP contribution in [0.15, 0.2) is 162 Å². The first-order chi connectivity index (χ1) is 23.8. The predicted octanol–water partition coefficient (Wildman–Crippen LogP) is 13.1. The van der Waals surface area contributed by atoms with Gasteiger partial charge in [-0.25, -0.2) is 0 Å². The van der Waals surface area contributed by atoms with Crippen LogP contribution in [0.2, 0.25) is 0 Å². The van der Waals surface area contributed by atoms with Crippen molar-refractivity contribution in [3.05, 3.63) is 169 Å². The van der Waals surface area contributed by atoms with Crippen LogP contribution in [0.25, 0.3) is 98.4 Å². The quantitative estimate of drug-likeness (QED) is 0.178. The molecule has 0 radical (unpaired) electrons. The fraction of sp³-hybridized carbons (Fsp3) is 0.0213. The first kappa shape index (κ1) is 25.9. The molecule has 0 unspecified atom stereocenters. The predicted molar refractivity (Wildman–Crippen MR) is 203 cm³/mol. The molecule has 222 valence electrons. The van der Waals surface area contributed by atoms with E-state index in [1.165, 1.54) is 92.8 Å². The molecule has 10 aromatic rings. The van der Waals surface area contributed by atoms with Crippen molar-refractivity contribution < 1.29 is 4.42 Å². The van der Waals surface area contributed by atoms with E-state index in [1.54, 1.807) is 0 Å². The van der Waals surface area contributed by atoms with Gasteiger partial charge in [0.1, 0.15) is 11.2 Å². The van der Waals surface area contributed by atoms with Gasteiger partial charge < -0.3 is 4.42 Å². The molecule has 11 rings (SSSR count). The summed E-state index contributed by atoms with van der Waals surface area (Å²) in [6.07, 6.45) is 0.909. The van der Waals surface area contributed by atoms with Crippen molar-refractivity contribution in [3.63, 3.8) is 0 Å². The maximum Gasteiger partial charge on any atom is 0.143 e. The van der Waals surface area contributed by atoms with Gasteiger partial charge >= 0.3 is 0 Å². The summed E-state index contributed by atoms with van der Waals surface area (Å²) in [6, 6.07) is 57.9. The Morgan fingerprint density at radius 2 is 0.979 bits per heavy atom. The van der Waals surface area contributed by atoms with Crippen LogP contribution in [-0.2, 0) is 6.42 Å². The van der Waals surface area contributed by atoms with Gasteiger partial charge in [-0.2, -0.15) is 0 Å². The van der Waals surface area contributed by atoms with Crippen molar-refractivity contribution in [2.75, 3.05) is 0 Å². The van der Waals surface area contributed by atoms with Crippen molar-refractivity contribution in [1.82, 2.24) is 0 Å². The summed E-state index contributed by atoms with van der Waals surface area (Å²) in [7, 11) is 0. The minimum Gasteiger partial charge on any atom is -0.455 e. The summed E-state index contributed by atoms with van der Waals surface area (Å²) in [5.74, 6) is 0. The average molecular weight is 609 g/mol. The Morgan fingerprint density at radius 3 is 1.71 bits per heavy atom. The molecule has 9 aromatic carbocycles. The van der Waals surface area contributed by atoms with E-state index in [4.69, 9.17) is 4.42 Å². The molecule has 0 N–H and O–H groups in total. The van der Waals surface area contributed by atoms with Gasteiger partial charge in [0.2, 0.25) is 0 Å². The molecule has 1 aliphatic rings. The van der Waals surface area contributed by atoms with E-state index >= 15 is 0 Å². The van der Waals surface area contributed by atoms with Gasteiger partial charge in [-0.15, -0.1) is 0 Å². The Kier molecular flexibility index (Phi) is 5.23. The van der Waals surface area contributed by atoms with Gasteiger partial charge in [-0.3, -0.25) is 0 Å². The minimum atomic E-state index is 0.909. The first-order valence-corrected chi connectivity index (χ1v) is 16.7. The second-order valence-electron chi connectivity index (χ2n) is 13.2. The highest BCUT2D eigenvalue weighted by Gasteiger charge is 2.28. The Labute approximate surface area is 277 Å². The minimum absolute atomic E-state index is 0.909. The number of furan rings is 1. The third kappa shape index (κ3) is 3.56. The summed E-state index contributed by atoms with van der Waals surface area (Å²) in [4.78, 5) is 0. The van der Waals surface area contributed by atoms with Crippen molar-refractivity contribution in [2.45, 2.75) is 6.42 Å². The van der Waals surface area contributed by atoms with Gasteiger partial charge in [0, 0.05) is 21.9 Å². The first-order valence-electron chi connectivity index (χ1n) is 16.7. The van der Waals surface area contributed by atoms with Crippen LogP contribution in [0.1, 0.15) is 11.1 Å². The summed E-state index contributed by atoms with van der Waals surface area (Å²) in [6.45, 7) is 0. The molecule has 1 aliphatic carbocycles. The van der Waals surface area contributed by atoms with E-state index in [2.05, 4.69) is 158 Å². The summed E-state index contributed by atoms with van der Waals surface area (Å²) >= 11 is 0. The van der Waals surface area contributed by atoms with E-state index in [0.29, 0.717) is 0 Å². The number of benzene rings is 9. The second kappa shape index (κ2) is 9.67. The Hall–Kier alpha value is -6.18. The maximum atomic E-state index is 7.03. The standard InChI is InChI=1S/C47H28O/c1-2-12-29-23-33(22-21-28(29)11-1)44-35-17-7-9-19-37(35)45(38-20-10-8-18-36(38)44)42-27-39-34-16-6-5-15-32(34)25-40(39)46-41-24-30-13-3-4-14-31(30)26-43(41)48-47(42)46/h1-24,26-27H,25H2. The average Bonchev–Trinajstić information content (AvgIpc) is 3.70. The summed E-state index contributed by atoms with van der Waals surface area (Å²) < 4.78 is 7.03. The molecule has 0 saturated carbocycles. The molecule has 1 aromatic heterocycles. The molecule has 1 heterocycles. The van der Waals surface area contributed by atoms with E-state index in [9.17, 15) is 0 Å². The van der Waals surface area contributed by atoms with Gasteiger partial charge in [0.25, 0.3) is 0 Å². The lowest BCUT2D eigenvalue weighted by Crippen LogP contribution is -1.93. The van der Waals surface area contributed by atoms with Crippen LogP contribution in [0.5, 0.6) is 0 Å². The van der Waals surface area contributed by atoms with Crippen LogP contribution >= 0.6 is 0 Å². The van der Waals surface area contributed by atoms with Gasteiger partial charge in [0.05, 0.1) is 0 Å². The molecule has 0 fully saturated rings. The lowest BCUT2D eigenvalue weighted by atomic mass is 9.84. The number of fused-ring (bicyclic) bond motifs is 11. The van der Waals surface area contributed by atoms with Crippen LogP contribution < -0.4 is 0 Å². The molecule has 0 aliphatic heterocycles. The van der Waals surface area contributed by atoms with E-state index < -0.39 is 0 Å². The summed E-state index contributed by atoms with van der Waals surface area (Å²) in [5.41, 5.74) is 12.2. The molecule has 0 spiro atoms. The fourth-order valence-electron chi connectivity index (χ4n) is 8.52. The van der Waals surface area contributed by atoms with Crippen LogP contribution in [0, 0.1) is 0 Å². The fourth-order valence-corrected chi connectivity index (χ4v) is 8.52. The van der Waals surface area contributed by atoms with E-state index in [-0.39, 0.29) is 0 Å². The Bertz CT molecular complexity index is 2920. The zero-order valence-corrected chi connectivity index (χ0v) is 26.1. The highest BCUT2D eigenvalue weighted by Crippen LogP contribution is 2.51. The molecule has 0 saturated heterocycles. The lowest BCUT2D eigenvalue weighted by Gasteiger charge is -2.19. The molecule has 1 nitrogen and oxygen atoms in total. The van der Waals surface area contributed by atoms with Crippen LogP contribution in [-0.4, -0.2) is 0 Å². The molecule has 0 bridgehead atoms. The molecule has 0 atom stereocenters. The summed E-state index contributed by atoms with van der Waals surface area (Å²) in [5, 5.41) is 12.3. The third-order valence-electron chi connectivity index (χ3n) is 10.6. The second-order valence-corrected chi connectivity index (χ2v) is 13.2. The highest BCUT2D eigenvalue weighted by atomic mass is 16.3. The van der Waals surface area contributed by atoms with Gasteiger partial charge in [0.15, 0.2) is 0 Å². The van der Waals surface area contributed by atoms with Crippen molar-refractivity contribution in [3.8, 4) is 33.4 Å². The van der Waals surface area contributed by atoms with Crippen molar-refractivity contribution in [1.29, 1.82) is 0 Å². The van der Waals surface area contributed by atoms with Crippen molar-refractivity contribution >= 4 is 65.0 Å². The number of rotatable bonds is 2. The molecule has 48 heavy (non-hydrogen) atoms. The SMILES string of the molecule is c1ccc2c(c1)Cc1c-2cc(-c2c3ccccc3c(-c3ccc4ccccc4c3)c3ccccc23)c2oc3cc4ccccc4cc3c12. The maximum absolute atomic E-state index is 7.03. The van der Waals surface area contributed by atoms with Crippen LogP contribution in [0.3, 0.4) is 0 Å². The van der Waals surface area contributed by atoms with Gasteiger partial charge in [-0.05, 0) is 107 Å². The normalized spacial score (nSPS) is 12.5. The topological polar surface area (TPSA) is 13.1 Å². The Balaban J connectivity index is 1.31. The molecule has 0 amide bonds. The third-order valence-corrected chi connectivity index (χ3v) is 10.6. The van der Waals surface area contributed by atoms with Crippen molar-refractivity contribution in [2.24, 2.45) is 0 Å². The molecule has 1 heteroatoms. The highest BCUT2D eigenvalue weighted by molar-refractivity contribution is 6.26. The number of hydrogen-bond acceptors (Lipinski definition) is 1. The number of hydrogen-bond donors (Lipinski definition) is 0. The van der Waals surface area contributed by atoms with E-state index in [1.807, 2.05) is 0 Å². The van der Waals surface area contributed by atoms with Crippen LogP contribution in [0.4, 0.5) is 0 Å². The Morgan fingerprint density at radius 1 is 0.396 bits per heavy atom. The lowest BCUT2D eigenvalue weighted by molar-refractivity contribution is 0.670. The van der Waals surface area contributed by atoms with E-state index in [0.717, 1.165) is 23.2 Å². The zero-order valence-electron chi connectivity index (χ0n) is 26.1. The molecular formula is C47H28O. The monoisotopic (exact) mass is 608 g/mol. The van der Waals surface area contributed by atoms with Gasteiger partial charge in [-0.1, -0.05) is 133 Å². The zero-order chi connectivity index (χ0) is 31.3.